The number of hydrogen-bond donors (Lipinski definition) is 0. The van der Waals surface area contributed by atoms with E-state index in [1.807, 2.05) is 12.1 Å². The molecule has 2 heterocycles. The van der Waals surface area contributed by atoms with Crippen molar-refractivity contribution in [1.29, 1.82) is 0 Å². The maximum atomic E-state index is 13.5. The zero-order chi connectivity index (χ0) is 27.9. The summed E-state index contributed by atoms with van der Waals surface area (Å²) in [6.07, 6.45) is -0.548. The molecule has 2 aromatic heterocycles. The van der Waals surface area contributed by atoms with Crippen LogP contribution in [0.2, 0.25) is 5.02 Å². The molecule has 7 nitrogen and oxygen atoms in total. The Morgan fingerprint density at radius 2 is 1.67 bits per heavy atom. The molecule has 0 bridgehead atoms. The van der Waals surface area contributed by atoms with Gasteiger partial charge in [0.25, 0.3) is 0 Å². The van der Waals surface area contributed by atoms with E-state index in [0.717, 1.165) is 18.0 Å². The van der Waals surface area contributed by atoms with Gasteiger partial charge in [-0.15, -0.1) is 5.10 Å². The van der Waals surface area contributed by atoms with Crippen LogP contribution in [0.25, 0.3) is 22.5 Å². The van der Waals surface area contributed by atoms with E-state index in [1.165, 1.54) is 17.6 Å². The molecule has 5 aromatic rings. The van der Waals surface area contributed by atoms with Crippen molar-refractivity contribution in [3.63, 3.8) is 0 Å². The second-order valence-corrected chi connectivity index (χ2v) is 11.4. The van der Waals surface area contributed by atoms with Gasteiger partial charge in [-0.1, -0.05) is 47.1 Å². The van der Waals surface area contributed by atoms with Gasteiger partial charge >= 0.3 is 6.18 Å². The Kier molecular flexibility index (Phi) is 6.81. The molecule has 0 amide bonds. The Balaban J connectivity index is 1.69. The summed E-state index contributed by atoms with van der Waals surface area (Å²) in [5.74, 6) is 0.134. The van der Waals surface area contributed by atoms with E-state index in [-0.39, 0.29) is 10.7 Å². The highest BCUT2D eigenvalue weighted by molar-refractivity contribution is 7.90. The highest BCUT2D eigenvalue weighted by Crippen LogP contribution is 2.33. The average molecular weight is 572 g/mol. The first-order valence-corrected chi connectivity index (χ1v) is 13.9. The molecule has 0 aliphatic heterocycles. The first-order chi connectivity index (χ1) is 18.4. The molecular formula is C27H21ClF3N5O2S. The van der Waals surface area contributed by atoms with Crippen molar-refractivity contribution in [2.75, 3.05) is 6.26 Å². The summed E-state index contributed by atoms with van der Waals surface area (Å²) in [7, 11) is -3.45. The van der Waals surface area contributed by atoms with Gasteiger partial charge in [0.15, 0.2) is 15.5 Å². The van der Waals surface area contributed by atoms with Crippen molar-refractivity contribution in [2.24, 2.45) is 0 Å². The molecular weight excluding hydrogens is 551 g/mol. The number of sulfone groups is 1. The van der Waals surface area contributed by atoms with Crippen LogP contribution in [0.5, 0.6) is 0 Å². The van der Waals surface area contributed by atoms with Crippen LogP contribution in [0.4, 0.5) is 13.2 Å². The van der Waals surface area contributed by atoms with Gasteiger partial charge in [0, 0.05) is 23.9 Å². The molecule has 0 saturated heterocycles. The first kappa shape index (κ1) is 26.6. The zero-order valence-electron chi connectivity index (χ0n) is 20.7. The number of aromatic nitrogens is 5. The van der Waals surface area contributed by atoms with Crippen molar-refractivity contribution in [2.45, 2.75) is 24.4 Å². The van der Waals surface area contributed by atoms with Crippen molar-refractivity contribution < 1.29 is 21.6 Å². The standard InChI is InChI=1S/C27H21ClF3N5O2S/c1-17-33-26(27(29,30)31)16-35(17)24-11-8-20(19-4-3-5-23(13-19)39(2,37)38)14-25(24)36-22(15-32-34-36)12-18-6-9-21(28)10-7-18/h3-11,13-16H,12H2,1-2H3. The van der Waals surface area contributed by atoms with E-state index in [1.54, 1.807) is 59.4 Å². The zero-order valence-corrected chi connectivity index (χ0v) is 22.3. The third kappa shape index (κ3) is 5.59. The SMILES string of the molecule is Cc1nc(C(F)(F)F)cn1-c1ccc(-c2cccc(S(C)(=O)=O)c2)cc1-n1nncc1Cc1ccc(Cl)cc1. The monoisotopic (exact) mass is 571 g/mol. The maximum absolute atomic E-state index is 13.5. The van der Waals surface area contributed by atoms with Crippen LogP contribution in [-0.2, 0) is 22.4 Å². The second-order valence-electron chi connectivity index (χ2n) is 8.99. The highest BCUT2D eigenvalue weighted by atomic mass is 35.5. The van der Waals surface area contributed by atoms with Crippen LogP contribution >= 0.6 is 11.6 Å². The quantitative estimate of drug-likeness (QED) is 0.246. The fourth-order valence-electron chi connectivity index (χ4n) is 4.23. The first-order valence-electron chi connectivity index (χ1n) is 11.6. The topological polar surface area (TPSA) is 82.7 Å². The Hall–Kier alpha value is -3.96. The summed E-state index contributed by atoms with van der Waals surface area (Å²) in [4.78, 5) is 3.86. The fraction of sp³-hybridized carbons (Fsp3) is 0.148. The van der Waals surface area contributed by atoms with Gasteiger partial charge in [-0.3, -0.25) is 0 Å². The van der Waals surface area contributed by atoms with E-state index in [2.05, 4.69) is 15.3 Å². The molecule has 0 saturated carbocycles. The molecule has 0 radical (unpaired) electrons. The van der Waals surface area contributed by atoms with Crippen molar-refractivity contribution in [3.8, 4) is 22.5 Å². The molecule has 5 rings (SSSR count). The number of alkyl halides is 3. The van der Waals surface area contributed by atoms with E-state index >= 15 is 0 Å². The van der Waals surface area contributed by atoms with Gasteiger partial charge in [-0.2, -0.15) is 13.2 Å². The maximum Gasteiger partial charge on any atom is 0.434 e. The predicted molar refractivity (Wildman–Crippen MR) is 141 cm³/mol. The lowest BCUT2D eigenvalue weighted by atomic mass is 10.0. The Labute approximate surface area is 227 Å². The molecule has 3 aromatic carbocycles. The molecule has 0 N–H and O–H groups in total. The minimum atomic E-state index is -4.62. The third-order valence-corrected chi connectivity index (χ3v) is 7.51. The van der Waals surface area contributed by atoms with Crippen LogP contribution in [0.15, 0.2) is 84.0 Å². The smallest absolute Gasteiger partial charge is 0.301 e. The van der Waals surface area contributed by atoms with Gasteiger partial charge in [-0.25, -0.2) is 18.1 Å². The summed E-state index contributed by atoms with van der Waals surface area (Å²) in [6.45, 7) is 1.48. The molecule has 0 aliphatic rings. The lowest BCUT2D eigenvalue weighted by Crippen LogP contribution is -2.09. The van der Waals surface area contributed by atoms with Crippen molar-refractivity contribution >= 4 is 21.4 Å². The lowest BCUT2D eigenvalue weighted by Gasteiger charge is -2.16. The molecule has 0 spiro atoms. The largest absolute Gasteiger partial charge is 0.434 e. The molecule has 12 heteroatoms. The van der Waals surface area contributed by atoms with Crippen LogP contribution in [0.1, 0.15) is 22.8 Å². The Bertz CT molecular complexity index is 1780. The summed E-state index contributed by atoms with van der Waals surface area (Å²) < 4.78 is 67.6. The van der Waals surface area contributed by atoms with E-state index in [0.29, 0.717) is 39.6 Å². The summed E-state index contributed by atoms with van der Waals surface area (Å²) in [5.41, 5.74) is 2.67. The molecule has 39 heavy (non-hydrogen) atoms. The lowest BCUT2D eigenvalue weighted by molar-refractivity contribution is -0.141. The van der Waals surface area contributed by atoms with Gasteiger partial charge in [0.2, 0.25) is 0 Å². The third-order valence-electron chi connectivity index (χ3n) is 6.15. The van der Waals surface area contributed by atoms with E-state index in [9.17, 15) is 21.6 Å². The van der Waals surface area contributed by atoms with Crippen LogP contribution in [-0.4, -0.2) is 39.2 Å². The van der Waals surface area contributed by atoms with Crippen LogP contribution in [0, 0.1) is 6.92 Å². The Morgan fingerprint density at radius 1 is 0.949 bits per heavy atom. The predicted octanol–water partition coefficient (Wildman–Crippen LogP) is 6.09. The molecule has 0 aliphatic carbocycles. The van der Waals surface area contributed by atoms with Crippen LogP contribution in [0.3, 0.4) is 0 Å². The van der Waals surface area contributed by atoms with E-state index < -0.39 is 21.7 Å². The number of halogens is 4. The van der Waals surface area contributed by atoms with Gasteiger partial charge in [0.05, 0.1) is 28.2 Å². The van der Waals surface area contributed by atoms with E-state index in [4.69, 9.17) is 11.6 Å². The number of aryl methyl sites for hydroxylation is 1. The summed E-state index contributed by atoms with van der Waals surface area (Å²) in [5, 5.41) is 8.91. The fourth-order valence-corrected chi connectivity index (χ4v) is 5.02. The minimum Gasteiger partial charge on any atom is -0.301 e. The van der Waals surface area contributed by atoms with Gasteiger partial charge in [0.1, 0.15) is 5.82 Å². The second kappa shape index (κ2) is 9.97. The summed E-state index contributed by atoms with van der Waals surface area (Å²) >= 11 is 6.02. The van der Waals surface area contributed by atoms with Gasteiger partial charge < -0.3 is 4.57 Å². The van der Waals surface area contributed by atoms with Crippen LogP contribution < -0.4 is 0 Å². The Morgan fingerprint density at radius 3 is 2.33 bits per heavy atom. The molecule has 0 fully saturated rings. The number of nitrogens with zero attached hydrogens (tertiary/aromatic N) is 5. The minimum absolute atomic E-state index is 0.134. The number of imidazole rings is 1. The number of rotatable bonds is 6. The summed E-state index contributed by atoms with van der Waals surface area (Å²) in [6, 6.07) is 18.8. The molecule has 0 atom stereocenters. The average Bonchev–Trinajstić information content (AvgIpc) is 3.51. The normalized spacial score (nSPS) is 12.2. The highest BCUT2D eigenvalue weighted by Gasteiger charge is 2.34. The van der Waals surface area contributed by atoms with Gasteiger partial charge in [-0.05, 0) is 60.0 Å². The molecule has 0 unspecified atom stereocenters. The number of benzene rings is 3. The number of hydrogen-bond acceptors (Lipinski definition) is 5. The van der Waals surface area contributed by atoms with Crippen molar-refractivity contribution in [1.82, 2.24) is 24.5 Å². The van der Waals surface area contributed by atoms with Crippen molar-refractivity contribution in [3.05, 3.63) is 107 Å². The molecule has 200 valence electrons.